The lowest BCUT2D eigenvalue weighted by molar-refractivity contribution is 1.13. The van der Waals surface area contributed by atoms with E-state index in [1.165, 1.54) is 0 Å². The zero-order valence-electron chi connectivity index (χ0n) is 9.41. The Bertz CT molecular complexity index is 597. The van der Waals surface area contributed by atoms with Crippen molar-refractivity contribution in [3.05, 3.63) is 63.1 Å². The van der Waals surface area contributed by atoms with Gasteiger partial charge in [0.2, 0.25) is 0 Å². The Morgan fingerprint density at radius 3 is 2.39 bits per heavy atom. The molecule has 1 aliphatic rings. The van der Waals surface area contributed by atoms with Crippen molar-refractivity contribution in [3.8, 4) is 0 Å². The average molecular weight is 299 g/mol. The third-order valence-electron chi connectivity index (χ3n) is 3.11. The predicted molar refractivity (Wildman–Crippen MR) is 78.0 cm³/mol. The molecule has 92 valence electrons. The van der Waals surface area contributed by atoms with Gasteiger partial charge in [0, 0.05) is 17.3 Å². The molecule has 2 aromatic carbocycles. The lowest BCUT2D eigenvalue weighted by Gasteiger charge is -2.08. The molecule has 1 nitrogen and oxygen atoms in total. The maximum atomic E-state index is 6.19. The third kappa shape index (κ3) is 2.18. The topological polar surface area (TPSA) is 3.01 Å². The van der Waals surface area contributed by atoms with E-state index in [0.717, 1.165) is 22.8 Å². The van der Waals surface area contributed by atoms with E-state index in [1.807, 2.05) is 36.4 Å². The van der Waals surface area contributed by atoms with Crippen LogP contribution < -0.4 is 4.90 Å². The van der Waals surface area contributed by atoms with Crippen LogP contribution in [0.4, 0.5) is 5.69 Å². The van der Waals surface area contributed by atoms with Gasteiger partial charge in [0.1, 0.15) is 0 Å². The summed E-state index contributed by atoms with van der Waals surface area (Å²) in [4.78, 5) is 2.24. The second-order valence-electron chi connectivity index (χ2n) is 4.29. The van der Waals surface area contributed by atoms with Crippen molar-refractivity contribution in [2.75, 3.05) is 11.4 Å². The van der Waals surface area contributed by atoms with Crippen molar-refractivity contribution >= 4 is 40.5 Å². The van der Waals surface area contributed by atoms with Crippen molar-refractivity contribution in [1.29, 1.82) is 0 Å². The fourth-order valence-electron chi connectivity index (χ4n) is 2.10. The Balaban J connectivity index is 1.86. The highest BCUT2D eigenvalue weighted by atomic mass is 35.5. The average Bonchev–Trinajstić information content (AvgIpc) is 3.13. The molecular weight excluding hydrogens is 289 g/mol. The second-order valence-corrected chi connectivity index (χ2v) is 5.51. The first kappa shape index (κ1) is 12.2. The molecule has 1 aliphatic heterocycles. The van der Waals surface area contributed by atoms with Crippen LogP contribution in [0.5, 0.6) is 0 Å². The summed E-state index contributed by atoms with van der Waals surface area (Å²) in [6.45, 7) is 0.960. The molecule has 2 aromatic rings. The van der Waals surface area contributed by atoms with Crippen LogP contribution in [-0.2, 0) is 0 Å². The van der Waals surface area contributed by atoms with E-state index in [9.17, 15) is 0 Å². The summed E-state index contributed by atoms with van der Waals surface area (Å²) < 4.78 is 0. The number of anilines is 1. The molecule has 0 spiro atoms. The summed E-state index contributed by atoms with van der Waals surface area (Å²) in [5.74, 6) is 0. The zero-order chi connectivity index (χ0) is 12.7. The smallest absolute Gasteiger partial charge is 0.0733 e. The van der Waals surface area contributed by atoms with Gasteiger partial charge in [0.15, 0.2) is 0 Å². The first-order chi connectivity index (χ1) is 8.66. The quantitative estimate of drug-likeness (QED) is 0.688. The van der Waals surface area contributed by atoms with Gasteiger partial charge in [-0.05, 0) is 29.8 Å². The minimum Gasteiger partial charge on any atom is -0.360 e. The number of benzene rings is 2. The van der Waals surface area contributed by atoms with Crippen LogP contribution in [0, 0.1) is 0 Å². The van der Waals surface area contributed by atoms with Crippen LogP contribution in [0.15, 0.2) is 42.5 Å². The molecule has 1 heterocycles. The fraction of sp³-hybridized carbons (Fsp3) is 0.143. The van der Waals surface area contributed by atoms with E-state index in [1.54, 1.807) is 0 Å². The van der Waals surface area contributed by atoms with Crippen LogP contribution in [0.25, 0.3) is 0 Å². The molecule has 1 unspecified atom stereocenters. The number of nitrogens with zero attached hydrogens (tertiary/aromatic N) is 1. The molecule has 0 N–H and O–H groups in total. The van der Waals surface area contributed by atoms with Crippen molar-refractivity contribution in [2.45, 2.75) is 6.04 Å². The lowest BCUT2D eigenvalue weighted by Crippen LogP contribution is -1.94. The summed E-state index contributed by atoms with van der Waals surface area (Å²) in [5, 5.41) is 1.97. The van der Waals surface area contributed by atoms with Gasteiger partial charge in [0.05, 0.1) is 16.1 Å². The SMILES string of the molecule is Clc1ccc(N2CC2c2ccccc2Cl)cc1Cl. The van der Waals surface area contributed by atoms with Crippen LogP contribution in [-0.4, -0.2) is 6.54 Å². The third-order valence-corrected chi connectivity index (χ3v) is 4.19. The molecule has 1 saturated heterocycles. The maximum absolute atomic E-state index is 6.19. The Hall–Kier alpha value is -0.890. The molecule has 1 fully saturated rings. The summed E-state index contributed by atoms with van der Waals surface area (Å²) in [5.41, 5.74) is 2.24. The largest absolute Gasteiger partial charge is 0.360 e. The second kappa shape index (κ2) is 4.65. The molecule has 0 bridgehead atoms. The van der Waals surface area contributed by atoms with Crippen LogP contribution in [0.2, 0.25) is 15.1 Å². The molecule has 18 heavy (non-hydrogen) atoms. The van der Waals surface area contributed by atoms with Gasteiger partial charge in [-0.3, -0.25) is 0 Å². The van der Waals surface area contributed by atoms with E-state index >= 15 is 0 Å². The van der Waals surface area contributed by atoms with Crippen LogP contribution in [0.1, 0.15) is 11.6 Å². The predicted octanol–water partition coefficient (Wildman–Crippen LogP) is 5.21. The van der Waals surface area contributed by atoms with Gasteiger partial charge >= 0.3 is 0 Å². The maximum Gasteiger partial charge on any atom is 0.0733 e. The summed E-state index contributed by atoms with van der Waals surface area (Å²) >= 11 is 18.1. The highest BCUT2D eigenvalue weighted by Crippen LogP contribution is 2.43. The Morgan fingerprint density at radius 2 is 1.67 bits per heavy atom. The minimum atomic E-state index is 0.343. The molecule has 1 atom stereocenters. The molecular formula is C14H10Cl3N. The van der Waals surface area contributed by atoms with Gasteiger partial charge < -0.3 is 4.90 Å². The summed E-state index contributed by atoms with van der Waals surface area (Å²) in [7, 11) is 0. The first-order valence-electron chi connectivity index (χ1n) is 5.63. The van der Waals surface area contributed by atoms with Crippen LogP contribution >= 0.6 is 34.8 Å². The lowest BCUT2D eigenvalue weighted by atomic mass is 10.1. The number of rotatable bonds is 2. The van der Waals surface area contributed by atoms with Gasteiger partial charge in [-0.1, -0.05) is 53.0 Å². The standard InChI is InChI=1S/C14H10Cl3N/c15-11-4-2-1-3-10(11)14-8-18(14)9-5-6-12(16)13(17)7-9/h1-7,14H,8H2. The van der Waals surface area contributed by atoms with E-state index in [-0.39, 0.29) is 0 Å². The minimum absolute atomic E-state index is 0.343. The molecule has 0 amide bonds. The zero-order valence-corrected chi connectivity index (χ0v) is 11.7. The number of halogens is 3. The Kier molecular flexibility index (Phi) is 3.14. The number of hydrogen-bond acceptors (Lipinski definition) is 1. The fourth-order valence-corrected chi connectivity index (χ4v) is 2.65. The normalized spacial score (nSPS) is 17.9. The highest BCUT2D eigenvalue weighted by Gasteiger charge is 2.36. The molecule has 0 saturated carbocycles. The molecule has 4 heteroatoms. The molecule has 0 aliphatic carbocycles. The van der Waals surface area contributed by atoms with Gasteiger partial charge in [-0.15, -0.1) is 0 Å². The van der Waals surface area contributed by atoms with E-state index < -0.39 is 0 Å². The molecule has 3 rings (SSSR count). The molecule has 0 radical (unpaired) electrons. The van der Waals surface area contributed by atoms with Crippen molar-refractivity contribution in [3.63, 3.8) is 0 Å². The van der Waals surface area contributed by atoms with Crippen molar-refractivity contribution in [1.82, 2.24) is 0 Å². The van der Waals surface area contributed by atoms with Crippen molar-refractivity contribution in [2.24, 2.45) is 0 Å². The Labute approximate surface area is 121 Å². The summed E-state index contributed by atoms with van der Waals surface area (Å²) in [6, 6.07) is 14.0. The number of hydrogen-bond donors (Lipinski definition) is 0. The monoisotopic (exact) mass is 297 g/mol. The van der Waals surface area contributed by atoms with E-state index in [0.29, 0.717) is 16.1 Å². The Morgan fingerprint density at radius 1 is 0.889 bits per heavy atom. The van der Waals surface area contributed by atoms with Gasteiger partial charge in [0.25, 0.3) is 0 Å². The molecule has 0 aromatic heterocycles. The van der Waals surface area contributed by atoms with Crippen LogP contribution in [0.3, 0.4) is 0 Å². The van der Waals surface area contributed by atoms with Gasteiger partial charge in [-0.2, -0.15) is 0 Å². The summed E-state index contributed by atoms with van der Waals surface area (Å²) in [6.07, 6.45) is 0. The first-order valence-corrected chi connectivity index (χ1v) is 6.76. The van der Waals surface area contributed by atoms with Crippen molar-refractivity contribution < 1.29 is 0 Å². The van der Waals surface area contributed by atoms with E-state index in [4.69, 9.17) is 34.8 Å². The van der Waals surface area contributed by atoms with E-state index in [2.05, 4.69) is 11.0 Å². The van der Waals surface area contributed by atoms with Gasteiger partial charge in [-0.25, -0.2) is 0 Å². The highest BCUT2D eigenvalue weighted by molar-refractivity contribution is 6.42.